The van der Waals surface area contributed by atoms with E-state index in [9.17, 15) is 9.59 Å². The first kappa shape index (κ1) is 27.7. The molecule has 0 bridgehead atoms. The van der Waals surface area contributed by atoms with Crippen molar-refractivity contribution in [1.82, 2.24) is 4.90 Å². The summed E-state index contributed by atoms with van der Waals surface area (Å²) >= 11 is 6.44. The van der Waals surface area contributed by atoms with Crippen LogP contribution in [-0.2, 0) is 22.4 Å². The molecule has 2 heterocycles. The van der Waals surface area contributed by atoms with Gasteiger partial charge in [0.15, 0.2) is 6.73 Å². The van der Waals surface area contributed by atoms with Gasteiger partial charge in [0, 0.05) is 29.8 Å². The molecule has 0 spiro atoms. The summed E-state index contributed by atoms with van der Waals surface area (Å²) in [6, 6.07) is 11.7. The highest BCUT2D eigenvalue weighted by Crippen LogP contribution is 2.41. The second kappa shape index (κ2) is 11.7. The smallest absolute Gasteiger partial charge is 0.340 e. The summed E-state index contributed by atoms with van der Waals surface area (Å²) in [5.41, 5.74) is 3.50. The summed E-state index contributed by atoms with van der Waals surface area (Å²) in [5, 5.41) is 0.294. The van der Waals surface area contributed by atoms with Gasteiger partial charge in [0.2, 0.25) is 0 Å². The highest BCUT2D eigenvalue weighted by Gasteiger charge is 2.29. The SMILES string of the molecule is CCc1cc(C(=O)N2COc3c(cccc3-c3cc(N4CCOCC4)c(C(=O)OC)cc3F)C2)c(Cl)cc1OC. The average Bonchev–Trinajstić information content (AvgIpc) is 2.99. The third-order valence-corrected chi connectivity index (χ3v) is 7.54. The van der Waals surface area contributed by atoms with Crippen LogP contribution in [0.3, 0.4) is 0 Å². The van der Waals surface area contributed by atoms with Crippen LogP contribution in [0.5, 0.6) is 11.5 Å². The minimum atomic E-state index is -0.615. The molecule has 0 atom stereocenters. The predicted molar refractivity (Wildman–Crippen MR) is 149 cm³/mol. The molecule has 1 amide bonds. The van der Waals surface area contributed by atoms with E-state index in [0.717, 1.165) is 11.1 Å². The fourth-order valence-corrected chi connectivity index (χ4v) is 5.36. The summed E-state index contributed by atoms with van der Waals surface area (Å²) < 4.78 is 37.4. The van der Waals surface area contributed by atoms with Crippen molar-refractivity contribution in [3.05, 3.63) is 75.6 Å². The molecule has 0 aliphatic carbocycles. The summed E-state index contributed by atoms with van der Waals surface area (Å²) in [6.45, 7) is 4.31. The Kier molecular flexibility index (Phi) is 8.14. The van der Waals surface area contributed by atoms with Gasteiger partial charge in [0.1, 0.15) is 17.3 Å². The number of benzene rings is 3. The first-order valence-corrected chi connectivity index (χ1v) is 13.4. The number of amides is 1. The topological polar surface area (TPSA) is 77.5 Å². The van der Waals surface area contributed by atoms with Gasteiger partial charge in [0.25, 0.3) is 5.91 Å². The molecule has 0 N–H and O–H groups in total. The van der Waals surface area contributed by atoms with Gasteiger partial charge >= 0.3 is 5.97 Å². The van der Waals surface area contributed by atoms with Gasteiger partial charge in [-0.05, 0) is 36.2 Å². The van der Waals surface area contributed by atoms with Crippen LogP contribution >= 0.6 is 11.6 Å². The van der Waals surface area contributed by atoms with Crippen molar-refractivity contribution >= 4 is 29.2 Å². The Bertz CT molecular complexity index is 1460. The van der Waals surface area contributed by atoms with E-state index in [1.54, 1.807) is 42.3 Å². The predicted octanol–water partition coefficient (Wildman–Crippen LogP) is 5.33. The number of morpholine rings is 1. The zero-order chi connectivity index (χ0) is 28.4. The molecule has 10 heteroatoms. The van der Waals surface area contributed by atoms with Gasteiger partial charge in [-0.3, -0.25) is 4.79 Å². The number of esters is 1. The van der Waals surface area contributed by atoms with E-state index < -0.39 is 11.8 Å². The first-order valence-electron chi connectivity index (χ1n) is 13.0. The number of nitrogens with zero attached hydrogens (tertiary/aromatic N) is 2. The quantitative estimate of drug-likeness (QED) is 0.372. The zero-order valence-electron chi connectivity index (χ0n) is 22.6. The van der Waals surface area contributed by atoms with Gasteiger partial charge < -0.3 is 28.7 Å². The molecule has 1 fully saturated rings. The molecule has 40 heavy (non-hydrogen) atoms. The van der Waals surface area contributed by atoms with E-state index in [-0.39, 0.29) is 30.3 Å². The van der Waals surface area contributed by atoms with Crippen LogP contribution in [0.15, 0.2) is 42.5 Å². The lowest BCUT2D eigenvalue weighted by atomic mass is 9.97. The maximum Gasteiger partial charge on any atom is 0.340 e. The molecule has 5 rings (SSSR count). The Balaban J connectivity index is 1.49. The minimum Gasteiger partial charge on any atom is -0.496 e. The molecule has 0 aromatic heterocycles. The molecular weight excluding hydrogens is 539 g/mol. The number of para-hydroxylation sites is 1. The van der Waals surface area contributed by atoms with E-state index in [2.05, 4.69) is 0 Å². The highest BCUT2D eigenvalue weighted by atomic mass is 35.5. The van der Waals surface area contributed by atoms with Crippen LogP contribution in [0.25, 0.3) is 11.1 Å². The maximum absolute atomic E-state index is 15.6. The lowest BCUT2D eigenvalue weighted by Crippen LogP contribution is -2.37. The van der Waals surface area contributed by atoms with Crippen LogP contribution in [-0.4, -0.2) is 64.0 Å². The summed E-state index contributed by atoms with van der Waals surface area (Å²) in [7, 11) is 2.84. The van der Waals surface area contributed by atoms with Crippen molar-refractivity contribution in [1.29, 1.82) is 0 Å². The Morgan fingerprint density at radius 3 is 2.52 bits per heavy atom. The van der Waals surface area contributed by atoms with Crippen LogP contribution < -0.4 is 14.4 Å². The Morgan fingerprint density at radius 1 is 1.05 bits per heavy atom. The monoisotopic (exact) mass is 568 g/mol. The molecule has 3 aromatic rings. The summed E-state index contributed by atoms with van der Waals surface area (Å²) in [4.78, 5) is 29.5. The number of rotatable bonds is 6. The van der Waals surface area contributed by atoms with Crippen molar-refractivity contribution < 1.29 is 32.9 Å². The van der Waals surface area contributed by atoms with Crippen LogP contribution in [0.2, 0.25) is 5.02 Å². The van der Waals surface area contributed by atoms with Gasteiger partial charge in [-0.25, -0.2) is 9.18 Å². The molecule has 8 nitrogen and oxygen atoms in total. The first-order chi connectivity index (χ1) is 19.4. The van der Waals surface area contributed by atoms with Gasteiger partial charge in [-0.1, -0.05) is 36.7 Å². The van der Waals surface area contributed by atoms with Gasteiger partial charge in [-0.15, -0.1) is 0 Å². The fourth-order valence-electron chi connectivity index (χ4n) is 5.12. The lowest BCUT2D eigenvalue weighted by molar-refractivity contribution is 0.0515. The average molecular weight is 569 g/mol. The molecule has 2 aliphatic rings. The highest BCUT2D eigenvalue weighted by molar-refractivity contribution is 6.34. The third kappa shape index (κ3) is 5.19. The number of aryl methyl sites for hydroxylation is 1. The molecule has 210 valence electrons. The number of carbonyl (C=O) groups is 2. The molecular formula is C30H30ClFN2O6. The van der Waals surface area contributed by atoms with Crippen LogP contribution in [0.1, 0.15) is 38.8 Å². The minimum absolute atomic E-state index is 0.0369. The van der Waals surface area contributed by atoms with Crippen LogP contribution in [0, 0.1) is 5.82 Å². The normalized spacial score (nSPS) is 14.8. The van der Waals surface area contributed by atoms with E-state index in [0.29, 0.717) is 66.1 Å². The number of halogens is 2. The molecule has 0 unspecified atom stereocenters. The molecule has 0 radical (unpaired) electrons. The number of carbonyl (C=O) groups excluding carboxylic acids is 2. The van der Waals surface area contributed by atoms with Crippen LogP contribution in [0.4, 0.5) is 10.1 Å². The second-order valence-corrected chi connectivity index (χ2v) is 9.92. The standard InChI is InChI=1S/C30H30ClFN2O6/c1-4-18-12-22(24(31)15-27(18)37-2)29(35)34-16-19-6-5-7-20(28(19)40-17-34)21-14-26(33-8-10-39-11-9-33)23(13-25(21)32)30(36)38-3/h5-7,12-15H,4,8-11,16-17H2,1-3H3. The number of methoxy groups -OCH3 is 2. The Hall–Kier alpha value is -3.82. The molecule has 1 saturated heterocycles. The maximum atomic E-state index is 15.6. The molecule has 2 aliphatic heterocycles. The number of fused-ring (bicyclic) bond motifs is 1. The van der Waals surface area contributed by atoms with Crippen molar-refractivity contribution in [2.45, 2.75) is 19.9 Å². The molecule has 3 aromatic carbocycles. The van der Waals surface area contributed by atoms with Crippen molar-refractivity contribution in [3.8, 4) is 22.6 Å². The van der Waals surface area contributed by atoms with E-state index in [1.165, 1.54) is 13.2 Å². The van der Waals surface area contributed by atoms with E-state index in [1.807, 2.05) is 17.9 Å². The Labute approximate surface area is 237 Å². The van der Waals surface area contributed by atoms with Crippen molar-refractivity contribution in [3.63, 3.8) is 0 Å². The van der Waals surface area contributed by atoms with Crippen molar-refractivity contribution in [2.75, 3.05) is 52.2 Å². The Morgan fingerprint density at radius 2 is 1.82 bits per heavy atom. The van der Waals surface area contributed by atoms with Gasteiger partial charge in [0.05, 0.1) is 55.8 Å². The number of anilines is 1. The molecule has 0 saturated carbocycles. The zero-order valence-corrected chi connectivity index (χ0v) is 23.3. The lowest BCUT2D eigenvalue weighted by Gasteiger charge is -2.32. The largest absolute Gasteiger partial charge is 0.496 e. The number of ether oxygens (including phenoxy) is 4. The number of hydrogen-bond acceptors (Lipinski definition) is 7. The van der Waals surface area contributed by atoms with E-state index in [4.69, 9.17) is 30.5 Å². The third-order valence-electron chi connectivity index (χ3n) is 7.22. The summed E-state index contributed by atoms with van der Waals surface area (Å²) in [6.07, 6.45) is 0.677. The second-order valence-electron chi connectivity index (χ2n) is 9.51. The fraction of sp³-hybridized carbons (Fsp3) is 0.333. The van der Waals surface area contributed by atoms with Crippen molar-refractivity contribution in [2.24, 2.45) is 0 Å². The summed E-state index contributed by atoms with van der Waals surface area (Å²) in [5.74, 6) is -0.354. The van der Waals surface area contributed by atoms with Gasteiger partial charge in [-0.2, -0.15) is 0 Å². The number of hydrogen-bond donors (Lipinski definition) is 0. The van der Waals surface area contributed by atoms with E-state index >= 15 is 4.39 Å².